The second-order valence-corrected chi connectivity index (χ2v) is 6.63. The lowest BCUT2D eigenvalue weighted by molar-refractivity contribution is -0.143. The van der Waals surface area contributed by atoms with Crippen LogP contribution in [0.25, 0.3) is 0 Å². The molecule has 1 aromatic heterocycles. The summed E-state index contributed by atoms with van der Waals surface area (Å²) in [5.41, 5.74) is 0.984. The first-order valence-electron chi connectivity index (χ1n) is 8.98. The van der Waals surface area contributed by atoms with Crippen LogP contribution in [0.4, 0.5) is 5.69 Å². The number of anilines is 1. The van der Waals surface area contributed by atoms with Crippen LogP contribution in [0.1, 0.15) is 38.5 Å². The minimum absolute atomic E-state index is 0.00470. The Morgan fingerprint density at radius 3 is 2.83 bits per heavy atom. The van der Waals surface area contributed by atoms with E-state index < -0.39 is 0 Å². The fourth-order valence-corrected chi connectivity index (χ4v) is 3.15. The number of amides is 2. The molecule has 2 amide bonds. The van der Waals surface area contributed by atoms with E-state index in [1.165, 1.54) is 0 Å². The van der Waals surface area contributed by atoms with Gasteiger partial charge in [0.2, 0.25) is 11.8 Å². The van der Waals surface area contributed by atoms with E-state index in [0.717, 1.165) is 57.3 Å². The van der Waals surface area contributed by atoms with E-state index in [2.05, 4.69) is 15.6 Å². The predicted molar refractivity (Wildman–Crippen MR) is 92.4 cm³/mol. The summed E-state index contributed by atoms with van der Waals surface area (Å²) < 4.78 is 0. The highest BCUT2D eigenvalue weighted by atomic mass is 16.2. The van der Waals surface area contributed by atoms with Gasteiger partial charge in [0.1, 0.15) is 6.04 Å². The number of piperidine rings is 1. The molecule has 2 N–H and O–H groups in total. The molecule has 1 aliphatic carbocycles. The molecule has 2 fully saturated rings. The predicted octanol–water partition coefficient (Wildman–Crippen LogP) is 1.79. The molecule has 6 heteroatoms. The number of carbonyl (C=O) groups excluding carboxylic acids is 2. The first kappa shape index (κ1) is 16.7. The van der Waals surface area contributed by atoms with Crippen LogP contribution in [0.2, 0.25) is 0 Å². The summed E-state index contributed by atoms with van der Waals surface area (Å²) in [6.07, 6.45) is 9.16. The summed E-state index contributed by atoms with van der Waals surface area (Å²) >= 11 is 0. The van der Waals surface area contributed by atoms with Crippen LogP contribution in [0.15, 0.2) is 24.5 Å². The molecule has 6 nitrogen and oxygen atoms in total. The van der Waals surface area contributed by atoms with Gasteiger partial charge in [0, 0.05) is 37.9 Å². The van der Waals surface area contributed by atoms with Crippen molar-refractivity contribution in [1.29, 1.82) is 0 Å². The summed E-state index contributed by atoms with van der Waals surface area (Å²) in [7, 11) is 0. The number of likely N-dealkylation sites (tertiary alicyclic amines) is 1. The summed E-state index contributed by atoms with van der Waals surface area (Å²) in [6.45, 7) is 2.13. The molecule has 1 saturated heterocycles. The van der Waals surface area contributed by atoms with Gasteiger partial charge in [-0.2, -0.15) is 0 Å². The first-order valence-corrected chi connectivity index (χ1v) is 8.98. The van der Waals surface area contributed by atoms with Crippen molar-refractivity contribution in [3.05, 3.63) is 24.5 Å². The maximum Gasteiger partial charge on any atom is 0.242 e. The number of pyridine rings is 1. The van der Waals surface area contributed by atoms with Gasteiger partial charge in [-0.05, 0) is 50.7 Å². The molecule has 0 bridgehead atoms. The molecule has 2 heterocycles. The number of rotatable bonds is 7. The van der Waals surface area contributed by atoms with Gasteiger partial charge < -0.3 is 15.5 Å². The van der Waals surface area contributed by atoms with Crippen LogP contribution in [0.5, 0.6) is 0 Å². The summed E-state index contributed by atoms with van der Waals surface area (Å²) in [6, 6.07) is 3.59. The summed E-state index contributed by atoms with van der Waals surface area (Å²) in [5, 5.41) is 6.26. The number of nitrogens with zero attached hydrogens (tertiary/aromatic N) is 2. The quantitative estimate of drug-likeness (QED) is 0.748. The highest BCUT2D eigenvalue weighted by molar-refractivity contribution is 5.89. The lowest BCUT2D eigenvalue weighted by Gasteiger charge is -2.35. The number of hydrogen-bond acceptors (Lipinski definition) is 4. The maximum atomic E-state index is 12.5. The molecule has 1 unspecified atom stereocenters. The largest absolute Gasteiger partial charge is 0.384 e. The molecular formula is C18H26N4O2. The number of aromatic nitrogens is 1. The average Bonchev–Trinajstić information content (AvgIpc) is 3.47. The van der Waals surface area contributed by atoms with Crippen LogP contribution in [0, 0.1) is 5.92 Å². The van der Waals surface area contributed by atoms with Crippen molar-refractivity contribution in [2.24, 2.45) is 5.92 Å². The van der Waals surface area contributed by atoms with Gasteiger partial charge in [-0.3, -0.25) is 14.6 Å². The van der Waals surface area contributed by atoms with Crippen LogP contribution in [-0.4, -0.2) is 47.4 Å². The fraction of sp³-hybridized carbons (Fsp3) is 0.611. The third-order valence-electron chi connectivity index (χ3n) is 4.66. The van der Waals surface area contributed by atoms with Crippen molar-refractivity contribution in [3.63, 3.8) is 0 Å². The molecule has 3 rings (SSSR count). The molecule has 2 aliphatic rings. The zero-order chi connectivity index (χ0) is 16.8. The molecule has 1 atom stereocenters. The SMILES string of the molecule is O=C(NCCCNc1cccnc1)C1CCCCN1C(=O)C1CC1. The molecule has 24 heavy (non-hydrogen) atoms. The smallest absolute Gasteiger partial charge is 0.242 e. The Hall–Kier alpha value is -2.11. The maximum absolute atomic E-state index is 12.5. The van der Waals surface area contributed by atoms with Crippen LogP contribution in [0.3, 0.4) is 0 Å². The standard InChI is InChI=1S/C18H26N4O2/c23-17(21-11-4-10-20-15-5-3-9-19-13-15)16-6-1-2-12-22(16)18(24)14-7-8-14/h3,5,9,13-14,16,20H,1-2,4,6-8,10-12H2,(H,21,23). The van der Waals surface area contributed by atoms with Gasteiger partial charge in [-0.1, -0.05) is 0 Å². The lowest BCUT2D eigenvalue weighted by Crippen LogP contribution is -2.52. The van der Waals surface area contributed by atoms with Crippen LogP contribution >= 0.6 is 0 Å². The van der Waals surface area contributed by atoms with E-state index in [-0.39, 0.29) is 23.8 Å². The topological polar surface area (TPSA) is 74.3 Å². The van der Waals surface area contributed by atoms with Gasteiger partial charge in [0.25, 0.3) is 0 Å². The van der Waals surface area contributed by atoms with Crippen molar-refractivity contribution in [2.75, 3.05) is 25.0 Å². The number of hydrogen-bond donors (Lipinski definition) is 2. The van der Waals surface area contributed by atoms with Gasteiger partial charge >= 0.3 is 0 Å². The third kappa shape index (κ3) is 4.46. The first-order chi connectivity index (χ1) is 11.8. The van der Waals surface area contributed by atoms with E-state index in [1.807, 2.05) is 17.0 Å². The highest BCUT2D eigenvalue weighted by Gasteiger charge is 2.39. The highest BCUT2D eigenvalue weighted by Crippen LogP contribution is 2.33. The Balaban J connectivity index is 1.39. The van der Waals surface area contributed by atoms with Crippen molar-refractivity contribution < 1.29 is 9.59 Å². The molecule has 1 aromatic rings. The van der Waals surface area contributed by atoms with Crippen LogP contribution < -0.4 is 10.6 Å². The number of carbonyl (C=O) groups is 2. The minimum Gasteiger partial charge on any atom is -0.384 e. The number of nitrogens with one attached hydrogen (secondary N) is 2. The molecule has 0 spiro atoms. The Kier molecular flexibility index (Phi) is 5.67. The van der Waals surface area contributed by atoms with Crippen molar-refractivity contribution >= 4 is 17.5 Å². The molecule has 1 aliphatic heterocycles. The summed E-state index contributed by atoms with van der Waals surface area (Å²) in [4.78, 5) is 30.7. The lowest BCUT2D eigenvalue weighted by atomic mass is 10.0. The van der Waals surface area contributed by atoms with E-state index in [9.17, 15) is 9.59 Å². The third-order valence-corrected chi connectivity index (χ3v) is 4.66. The zero-order valence-electron chi connectivity index (χ0n) is 14.0. The van der Waals surface area contributed by atoms with Gasteiger partial charge in [-0.15, -0.1) is 0 Å². The minimum atomic E-state index is -0.266. The van der Waals surface area contributed by atoms with Gasteiger partial charge in [-0.25, -0.2) is 0 Å². The Morgan fingerprint density at radius 1 is 1.21 bits per heavy atom. The second-order valence-electron chi connectivity index (χ2n) is 6.63. The fourth-order valence-electron chi connectivity index (χ4n) is 3.15. The molecule has 0 radical (unpaired) electrons. The second kappa shape index (κ2) is 8.13. The van der Waals surface area contributed by atoms with Crippen molar-refractivity contribution in [2.45, 2.75) is 44.6 Å². The molecule has 1 saturated carbocycles. The van der Waals surface area contributed by atoms with E-state index in [4.69, 9.17) is 0 Å². The monoisotopic (exact) mass is 330 g/mol. The van der Waals surface area contributed by atoms with E-state index in [0.29, 0.717) is 6.54 Å². The molecule has 0 aromatic carbocycles. The normalized spacial score (nSPS) is 20.5. The average molecular weight is 330 g/mol. The van der Waals surface area contributed by atoms with Crippen LogP contribution in [-0.2, 0) is 9.59 Å². The van der Waals surface area contributed by atoms with E-state index in [1.54, 1.807) is 12.4 Å². The molecule has 130 valence electrons. The van der Waals surface area contributed by atoms with Crippen molar-refractivity contribution in [1.82, 2.24) is 15.2 Å². The Labute approximate surface area is 143 Å². The van der Waals surface area contributed by atoms with Crippen molar-refractivity contribution in [3.8, 4) is 0 Å². The van der Waals surface area contributed by atoms with Gasteiger partial charge in [0.05, 0.1) is 5.69 Å². The van der Waals surface area contributed by atoms with E-state index >= 15 is 0 Å². The van der Waals surface area contributed by atoms with Gasteiger partial charge in [0.15, 0.2) is 0 Å². The Morgan fingerprint density at radius 2 is 2.08 bits per heavy atom. The Bertz CT molecular complexity index is 559. The summed E-state index contributed by atoms with van der Waals surface area (Å²) in [5.74, 6) is 0.375. The zero-order valence-corrected chi connectivity index (χ0v) is 14.0. The molecular weight excluding hydrogens is 304 g/mol.